The van der Waals surface area contributed by atoms with Crippen LogP contribution < -0.4 is 9.47 Å². The molecule has 2 aromatic rings. The molecule has 0 aliphatic carbocycles. The second-order valence-corrected chi connectivity index (χ2v) is 6.90. The van der Waals surface area contributed by atoms with Gasteiger partial charge in [0, 0.05) is 11.1 Å². The zero-order chi connectivity index (χ0) is 17.1. The summed E-state index contributed by atoms with van der Waals surface area (Å²) >= 11 is 0. The third-order valence-electron chi connectivity index (χ3n) is 4.71. The molecular weight excluding hydrogens is 300 g/mol. The summed E-state index contributed by atoms with van der Waals surface area (Å²) in [7, 11) is 0. The molecular formula is C21H20O3. The van der Waals surface area contributed by atoms with E-state index in [9.17, 15) is 5.11 Å². The van der Waals surface area contributed by atoms with Gasteiger partial charge in [-0.05, 0) is 69.2 Å². The molecule has 0 fully saturated rings. The van der Waals surface area contributed by atoms with Gasteiger partial charge in [0.2, 0.25) is 0 Å². The van der Waals surface area contributed by atoms with Crippen LogP contribution in [0.4, 0.5) is 0 Å². The van der Waals surface area contributed by atoms with Crippen LogP contribution in [0.5, 0.6) is 23.0 Å². The normalized spacial score (nSPS) is 16.3. The molecule has 4 rings (SSSR count). The summed E-state index contributed by atoms with van der Waals surface area (Å²) in [5.41, 5.74) is 4.51. The van der Waals surface area contributed by atoms with Gasteiger partial charge >= 0.3 is 0 Å². The number of phenolic OH excluding ortho intramolecular Hbond substituents is 1. The molecule has 0 saturated heterocycles. The molecule has 0 radical (unpaired) electrons. The fourth-order valence-corrected chi connectivity index (χ4v) is 3.23. The molecule has 24 heavy (non-hydrogen) atoms. The van der Waals surface area contributed by atoms with E-state index in [1.807, 2.05) is 39.0 Å². The quantitative estimate of drug-likeness (QED) is 0.597. The molecule has 0 saturated carbocycles. The summed E-state index contributed by atoms with van der Waals surface area (Å²) in [5, 5.41) is 10.1. The first-order chi connectivity index (χ1) is 11.4. The van der Waals surface area contributed by atoms with E-state index in [0.717, 1.165) is 33.8 Å². The van der Waals surface area contributed by atoms with Crippen LogP contribution in [0.25, 0.3) is 18.2 Å². The molecule has 3 nitrogen and oxygen atoms in total. The van der Waals surface area contributed by atoms with E-state index in [1.165, 1.54) is 0 Å². The van der Waals surface area contributed by atoms with E-state index in [1.54, 1.807) is 12.1 Å². The van der Waals surface area contributed by atoms with Gasteiger partial charge in [0.05, 0.1) is 5.56 Å². The molecule has 0 spiro atoms. The van der Waals surface area contributed by atoms with Crippen molar-refractivity contribution in [1.29, 1.82) is 0 Å². The van der Waals surface area contributed by atoms with E-state index in [0.29, 0.717) is 11.3 Å². The Morgan fingerprint density at radius 3 is 2.33 bits per heavy atom. The van der Waals surface area contributed by atoms with Gasteiger partial charge in [-0.15, -0.1) is 0 Å². The van der Waals surface area contributed by atoms with E-state index in [-0.39, 0.29) is 11.4 Å². The summed E-state index contributed by atoms with van der Waals surface area (Å²) in [5.74, 6) is 2.60. The second kappa shape index (κ2) is 4.91. The summed E-state index contributed by atoms with van der Waals surface area (Å²) in [6.07, 6.45) is 8.07. The van der Waals surface area contributed by atoms with Crippen molar-refractivity contribution in [2.45, 2.75) is 33.3 Å². The van der Waals surface area contributed by atoms with Crippen LogP contribution in [0, 0.1) is 13.8 Å². The second-order valence-electron chi connectivity index (χ2n) is 6.90. The number of hydrogen-bond donors (Lipinski definition) is 1. The molecule has 2 aromatic carbocycles. The van der Waals surface area contributed by atoms with Gasteiger partial charge in [0.15, 0.2) is 0 Å². The summed E-state index contributed by atoms with van der Waals surface area (Å²) in [4.78, 5) is 0. The van der Waals surface area contributed by atoms with Gasteiger partial charge in [0.25, 0.3) is 0 Å². The summed E-state index contributed by atoms with van der Waals surface area (Å²) < 4.78 is 12.4. The van der Waals surface area contributed by atoms with Crippen LogP contribution in [0.2, 0.25) is 0 Å². The Labute approximate surface area is 141 Å². The van der Waals surface area contributed by atoms with Gasteiger partial charge in [0.1, 0.15) is 28.6 Å². The molecule has 3 heteroatoms. The topological polar surface area (TPSA) is 38.7 Å². The van der Waals surface area contributed by atoms with Crippen LogP contribution in [-0.4, -0.2) is 10.7 Å². The Balaban J connectivity index is 1.99. The molecule has 2 aliphatic heterocycles. The fourth-order valence-electron chi connectivity index (χ4n) is 3.23. The number of phenols is 1. The van der Waals surface area contributed by atoms with Gasteiger partial charge in [-0.25, -0.2) is 0 Å². The minimum atomic E-state index is -0.324. The van der Waals surface area contributed by atoms with E-state index in [2.05, 4.69) is 19.1 Å². The lowest BCUT2D eigenvalue weighted by Gasteiger charge is -2.31. The van der Waals surface area contributed by atoms with Gasteiger partial charge in [-0.2, -0.15) is 0 Å². The van der Waals surface area contributed by atoms with Crippen molar-refractivity contribution < 1.29 is 14.6 Å². The van der Waals surface area contributed by atoms with Crippen LogP contribution in [0.15, 0.2) is 24.3 Å². The maximum absolute atomic E-state index is 10.1. The predicted molar refractivity (Wildman–Crippen MR) is 96.8 cm³/mol. The Morgan fingerprint density at radius 1 is 0.875 bits per heavy atom. The van der Waals surface area contributed by atoms with E-state index in [4.69, 9.17) is 9.47 Å². The highest BCUT2D eigenvalue weighted by atomic mass is 16.5. The first-order valence-corrected chi connectivity index (χ1v) is 8.11. The monoisotopic (exact) mass is 320 g/mol. The standard InChI is InChI=1S/C21H20O3/c1-12-13(2)20-15(10-11-21(3,4)24-20)14-8-9-16-17(22)6-5-7-18(16)23-19(12)14/h5-11,22H,1-4H3. The van der Waals surface area contributed by atoms with Gasteiger partial charge in [-0.3, -0.25) is 0 Å². The molecule has 0 bridgehead atoms. The molecule has 2 aliphatic rings. The smallest absolute Gasteiger partial charge is 0.138 e. The Hall–Kier alpha value is -2.68. The minimum absolute atomic E-state index is 0.215. The highest BCUT2D eigenvalue weighted by molar-refractivity contribution is 5.87. The Bertz CT molecular complexity index is 917. The zero-order valence-corrected chi connectivity index (χ0v) is 14.3. The summed E-state index contributed by atoms with van der Waals surface area (Å²) in [6.45, 7) is 8.20. The van der Waals surface area contributed by atoms with Crippen molar-refractivity contribution in [1.82, 2.24) is 0 Å². The average Bonchev–Trinajstić information content (AvgIpc) is 2.73. The molecule has 0 unspecified atom stereocenters. The van der Waals surface area contributed by atoms with Crippen LogP contribution in [-0.2, 0) is 0 Å². The zero-order valence-electron chi connectivity index (χ0n) is 14.3. The van der Waals surface area contributed by atoms with Crippen molar-refractivity contribution in [3.63, 3.8) is 0 Å². The SMILES string of the molecule is Cc1c(C)c2c(c3c1Oc1cccc(O)c1C=C3)C=CC(C)(C)O2. The van der Waals surface area contributed by atoms with Crippen LogP contribution in [0.3, 0.4) is 0 Å². The lowest BCUT2D eigenvalue weighted by molar-refractivity contribution is 0.157. The molecule has 0 amide bonds. The third-order valence-corrected chi connectivity index (χ3v) is 4.71. The number of ether oxygens (including phenoxy) is 2. The van der Waals surface area contributed by atoms with Gasteiger partial charge in [-0.1, -0.05) is 12.1 Å². The number of aromatic hydroxyl groups is 1. The largest absolute Gasteiger partial charge is 0.507 e. The van der Waals surface area contributed by atoms with Gasteiger partial charge < -0.3 is 14.6 Å². The molecule has 1 N–H and O–H groups in total. The molecule has 0 aromatic heterocycles. The lowest BCUT2D eigenvalue weighted by Crippen LogP contribution is -2.28. The third kappa shape index (κ3) is 2.12. The van der Waals surface area contributed by atoms with Crippen molar-refractivity contribution in [3.8, 4) is 23.0 Å². The fraction of sp³-hybridized carbons (Fsp3) is 0.238. The maximum Gasteiger partial charge on any atom is 0.138 e. The van der Waals surface area contributed by atoms with Crippen molar-refractivity contribution in [3.05, 3.63) is 52.1 Å². The molecule has 122 valence electrons. The highest BCUT2D eigenvalue weighted by Crippen LogP contribution is 2.47. The van der Waals surface area contributed by atoms with Crippen molar-refractivity contribution in [2.75, 3.05) is 0 Å². The number of benzene rings is 2. The minimum Gasteiger partial charge on any atom is -0.507 e. The lowest BCUT2D eigenvalue weighted by atomic mass is 9.92. The number of fused-ring (bicyclic) bond motifs is 4. The first-order valence-electron chi connectivity index (χ1n) is 8.11. The Kier molecular flexibility index (Phi) is 3.04. The van der Waals surface area contributed by atoms with Crippen LogP contribution in [0.1, 0.15) is 41.7 Å². The number of hydrogen-bond acceptors (Lipinski definition) is 3. The van der Waals surface area contributed by atoms with E-state index >= 15 is 0 Å². The number of rotatable bonds is 0. The summed E-state index contributed by atoms with van der Waals surface area (Å²) in [6, 6.07) is 5.33. The maximum atomic E-state index is 10.1. The van der Waals surface area contributed by atoms with E-state index < -0.39 is 0 Å². The molecule has 0 atom stereocenters. The van der Waals surface area contributed by atoms with Crippen LogP contribution >= 0.6 is 0 Å². The highest BCUT2D eigenvalue weighted by Gasteiger charge is 2.29. The first kappa shape index (κ1) is 14.9. The molecule has 2 heterocycles. The Morgan fingerprint density at radius 2 is 1.54 bits per heavy atom. The predicted octanol–water partition coefficient (Wildman–Crippen LogP) is 5.47. The van der Waals surface area contributed by atoms with Crippen molar-refractivity contribution >= 4 is 18.2 Å². The van der Waals surface area contributed by atoms with Crippen molar-refractivity contribution in [2.24, 2.45) is 0 Å². The average molecular weight is 320 g/mol.